The minimum atomic E-state index is -0.861. The number of anilines is 3. The fourth-order valence-electron chi connectivity index (χ4n) is 4.87. The van der Waals surface area contributed by atoms with Crippen molar-refractivity contribution in [3.8, 4) is 17.7 Å². The lowest BCUT2D eigenvalue weighted by Gasteiger charge is -2.33. The van der Waals surface area contributed by atoms with Crippen LogP contribution in [0.25, 0.3) is 10.9 Å². The van der Waals surface area contributed by atoms with Gasteiger partial charge in [-0.25, -0.2) is 23.7 Å². The van der Waals surface area contributed by atoms with Crippen LogP contribution in [0.1, 0.15) is 28.9 Å². The molecule has 0 bridgehead atoms. The number of piperazine rings is 1. The lowest BCUT2D eigenvalue weighted by molar-refractivity contribution is 0.0889. The van der Waals surface area contributed by atoms with Gasteiger partial charge in [-0.15, -0.1) is 0 Å². The Balaban J connectivity index is 1.26. The van der Waals surface area contributed by atoms with Crippen LogP contribution in [0.2, 0.25) is 0 Å². The summed E-state index contributed by atoms with van der Waals surface area (Å²) in [5.41, 5.74) is 1.18. The lowest BCUT2D eigenvalue weighted by atomic mass is 10.2. The van der Waals surface area contributed by atoms with Crippen LogP contribution in [-0.4, -0.2) is 63.6 Å². The smallest absolute Gasteiger partial charge is 0.242 e. The Morgan fingerprint density at radius 2 is 1.90 bits per heavy atom. The van der Waals surface area contributed by atoms with Gasteiger partial charge in [0.2, 0.25) is 11.8 Å². The van der Waals surface area contributed by atoms with Crippen molar-refractivity contribution in [2.75, 3.05) is 43.4 Å². The zero-order chi connectivity index (χ0) is 28.0. The van der Waals surface area contributed by atoms with Crippen molar-refractivity contribution in [1.82, 2.24) is 24.4 Å². The molecule has 6 rings (SSSR count). The van der Waals surface area contributed by atoms with Crippen LogP contribution >= 0.6 is 0 Å². The first kappa shape index (κ1) is 25.6. The van der Waals surface area contributed by atoms with E-state index in [0.29, 0.717) is 11.5 Å². The Hall–Kier alpha value is -4.63. The number of halogens is 2. The van der Waals surface area contributed by atoms with Crippen LogP contribution in [-0.2, 0) is 0 Å². The van der Waals surface area contributed by atoms with Gasteiger partial charge in [-0.3, -0.25) is 9.36 Å². The SMILES string of the molecule is Cc1cc2c(F)c(Oc3ncnc(Nc4ccc(N5CCN(C)CC5)cn4)c3C#N)cc(F)c2n1C(=O)C1CC1. The number of hydrogen-bond donors (Lipinski definition) is 1. The van der Waals surface area contributed by atoms with E-state index in [4.69, 9.17) is 4.74 Å². The standard InChI is InChI=1S/C28H26F2N8O2/c1-16-11-19-24(30)22(12-21(29)25(19)38(16)28(39)17-3-4-17)40-27-20(13-31)26(33-15-34-27)35-23-6-5-18(14-32-23)37-9-7-36(2)8-10-37/h5-6,11-12,14-15,17H,3-4,7-10H2,1-2H3,(H,32,33,34,35). The maximum atomic E-state index is 15.5. The number of fused-ring (bicyclic) bond motifs is 1. The quantitative estimate of drug-likeness (QED) is 0.372. The van der Waals surface area contributed by atoms with Crippen LogP contribution in [0.5, 0.6) is 11.6 Å². The highest BCUT2D eigenvalue weighted by molar-refractivity contribution is 5.96. The van der Waals surface area contributed by atoms with Gasteiger partial charge in [-0.1, -0.05) is 0 Å². The predicted octanol–water partition coefficient (Wildman–Crippen LogP) is 4.62. The van der Waals surface area contributed by atoms with Gasteiger partial charge in [-0.05, 0) is 45.0 Å². The third-order valence-corrected chi connectivity index (χ3v) is 7.26. The monoisotopic (exact) mass is 544 g/mol. The molecule has 0 unspecified atom stereocenters. The van der Waals surface area contributed by atoms with Crippen molar-refractivity contribution in [2.45, 2.75) is 19.8 Å². The fourth-order valence-corrected chi connectivity index (χ4v) is 4.87. The molecule has 204 valence electrons. The van der Waals surface area contributed by atoms with Gasteiger partial charge in [0.05, 0.1) is 17.4 Å². The second kappa shape index (κ2) is 10.2. The number of ether oxygens (including phenoxy) is 1. The number of carbonyl (C=O) groups excluding carboxylic acids is 1. The van der Waals surface area contributed by atoms with E-state index in [1.165, 1.54) is 10.6 Å². The molecule has 1 aliphatic carbocycles. The van der Waals surface area contributed by atoms with Crippen molar-refractivity contribution in [1.29, 1.82) is 5.26 Å². The van der Waals surface area contributed by atoms with Crippen molar-refractivity contribution in [3.63, 3.8) is 0 Å². The van der Waals surface area contributed by atoms with Crippen molar-refractivity contribution in [2.24, 2.45) is 5.92 Å². The zero-order valence-corrected chi connectivity index (χ0v) is 22.0. The minimum Gasteiger partial charge on any atom is -0.434 e. The second-order valence-corrected chi connectivity index (χ2v) is 10.1. The number of nitrogens with zero attached hydrogens (tertiary/aromatic N) is 7. The largest absolute Gasteiger partial charge is 0.434 e. The number of benzene rings is 1. The van der Waals surface area contributed by atoms with Crippen LogP contribution in [0.15, 0.2) is 36.8 Å². The van der Waals surface area contributed by atoms with E-state index >= 15 is 8.78 Å². The first-order valence-corrected chi connectivity index (χ1v) is 13.0. The van der Waals surface area contributed by atoms with Gasteiger partial charge in [0.1, 0.15) is 18.2 Å². The highest BCUT2D eigenvalue weighted by atomic mass is 19.1. The zero-order valence-electron chi connectivity index (χ0n) is 22.0. The van der Waals surface area contributed by atoms with E-state index in [9.17, 15) is 10.1 Å². The summed E-state index contributed by atoms with van der Waals surface area (Å²) in [5, 5.41) is 12.8. The molecule has 4 heterocycles. The summed E-state index contributed by atoms with van der Waals surface area (Å²) < 4.78 is 37.6. The van der Waals surface area contributed by atoms with Crippen LogP contribution < -0.4 is 15.0 Å². The van der Waals surface area contributed by atoms with Gasteiger partial charge in [0, 0.05) is 49.2 Å². The first-order valence-electron chi connectivity index (χ1n) is 13.0. The first-order chi connectivity index (χ1) is 19.3. The summed E-state index contributed by atoms with van der Waals surface area (Å²) in [4.78, 5) is 29.8. The summed E-state index contributed by atoms with van der Waals surface area (Å²) in [6.07, 6.45) is 4.37. The third kappa shape index (κ3) is 4.69. The Bertz CT molecular complexity index is 1650. The van der Waals surface area contributed by atoms with Crippen LogP contribution in [0.4, 0.5) is 26.1 Å². The number of pyridine rings is 1. The molecule has 2 aliphatic rings. The number of nitriles is 1. The molecule has 4 aromatic rings. The van der Waals surface area contributed by atoms with Gasteiger partial charge < -0.3 is 19.9 Å². The minimum absolute atomic E-state index is 0.0861. The average molecular weight is 545 g/mol. The van der Waals surface area contributed by atoms with E-state index in [-0.39, 0.29) is 40.0 Å². The molecule has 3 aromatic heterocycles. The van der Waals surface area contributed by atoms with E-state index in [0.717, 1.165) is 57.1 Å². The van der Waals surface area contributed by atoms with E-state index in [1.54, 1.807) is 19.2 Å². The Labute approximate surface area is 228 Å². The molecule has 10 nitrogen and oxygen atoms in total. The molecule has 0 radical (unpaired) electrons. The molecule has 0 amide bonds. The molecule has 12 heteroatoms. The van der Waals surface area contributed by atoms with E-state index in [2.05, 4.69) is 37.1 Å². The number of nitrogens with one attached hydrogen (secondary N) is 1. The van der Waals surface area contributed by atoms with Crippen LogP contribution in [0.3, 0.4) is 0 Å². The van der Waals surface area contributed by atoms with E-state index in [1.807, 2.05) is 12.1 Å². The van der Waals surface area contributed by atoms with Crippen molar-refractivity contribution in [3.05, 3.63) is 59.7 Å². The van der Waals surface area contributed by atoms with Crippen LogP contribution in [0, 0.1) is 35.8 Å². The molecule has 1 aromatic carbocycles. The molecule has 0 spiro atoms. The summed E-state index contributed by atoms with van der Waals surface area (Å²) in [6, 6.07) is 7.96. The Morgan fingerprint density at radius 3 is 2.58 bits per heavy atom. The number of aryl methyl sites for hydroxylation is 1. The molecule has 0 atom stereocenters. The number of carbonyl (C=O) groups is 1. The van der Waals surface area contributed by atoms with Gasteiger partial charge in [-0.2, -0.15) is 5.26 Å². The summed E-state index contributed by atoms with van der Waals surface area (Å²) in [7, 11) is 2.09. The molecule has 1 saturated heterocycles. The van der Waals surface area contributed by atoms with Crippen molar-refractivity contribution >= 4 is 34.1 Å². The molecule has 1 aliphatic heterocycles. The fraction of sp³-hybridized carbons (Fsp3) is 0.321. The molecule has 1 saturated carbocycles. The predicted molar refractivity (Wildman–Crippen MR) is 144 cm³/mol. The molecular formula is C28H26F2N8O2. The van der Waals surface area contributed by atoms with Gasteiger partial charge in [0.25, 0.3) is 0 Å². The highest BCUT2D eigenvalue weighted by Gasteiger charge is 2.33. The number of aromatic nitrogens is 4. The lowest BCUT2D eigenvalue weighted by Crippen LogP contribution is -2.44. The van der Waals surface area contributed by atoms with Gasteiger partial charge in [0.15, 0.2) is 28.8 Å². The summed E-state index contributed by atoms with van der Waals surface area (Å²) >= 11 is 0. The average Bonchev–Trinajstić information content (AvgIpc) is 3.74. The molecule has 40 heavy (non-hydrogen) atoms. The van der Waals surface area contributed by atoms with Gasteiger partial charge >= 0.3 is 0 Å². The van der Waals surface area contributed by atoms with Crippen molar-refractivity contribution < 1.29 is 18.3 Å². The maximum Gasteiger partial charge on any atom is 0.242 e. The molecule has 1 N–H and O–H groups in total. The number of rotatable bonds is 6. The maximum absolute atomic E-state index is 15.5. The summed E-state index contributed by atoms with van der Waals surface area (Å²) in [6.45, 7) is 5.37. The topological polar surface area (TPSA) is 112 Å². The molecule has 2 fully saturated rings. The summed E-state index contributed by atoms with van der Waals surface area (Å²) in [5.74, 6) is -2.27. The molecular weight excluding hydrogens is 518 g/mol. The Kier molecular flexibility index (Phi) is 6.51. The number of likely N-dealkylation sites (N-methyl/N-ethyl adjacent to an activating group) is 1. The third-order valence-electron chi connectivity index (χ3n) is 7.26. The van der Waals surface area contributed by atoms with E-state index < -0.39 is 17.4 Å². The number of hydrogen-bond acceptors (Lipinski definition) is 9. The highest BCUT2D eigenvalue weighted by Crippen LogP contribution is 2.38. The normalized spacial score (nSPS) is 15.7. The Morgan fingerprint density at radius 1 is 1.12 bits per heavy atom. The second-order valence-electron chi connectivity index (χ2n) is 10.1.